The van der Waals surface area contributed by atoms with Gasteiger partial charge in [0, 0.05) is 29.4 Å². The van der Waals surface area contributed by atoms with Gasteiger partial charge in [0.2, 0.25) is 0 Å². The Morgan fingerprint density at radius 3 is 2.67 bits per heavy atom. The lowest BCUT2D eigenvalue weighted by Crippen LogP contribution is -2.42. The largest absolute Gasteiger partial charge is 0.392 e. The van der Waals surface area contributed by atoms with E-state index in [-0.39, 0.29) is 6.61 Å². The molecule has 1 heterocycles. The number of halogens is 1. The number of aliphatic hydroxyl groups excluding tert-OH is 1. The van der Waals surface area contributed by atoms with E-state index in [1.54, 1.807) is 0 Å². The van der Waals surface area contributed by atoms with Gasteiger partial charge in [-0.15, -0.1) is 0 Å². The van der Waals surface area contributed by atoms with Crippen LogP contribution in [-0.4, -0.2) is 43.2 Å². The molecular weight excluding hydrogens is 248 g/mol. The van der Waals surface area contributed by atoms with Gasteiger partial charge in [0.1, 0.15) is 0 Å². The molecule has 1 fully saturated rings. The smallest absolute Gasteiger partial charge is 0.0716 e. The predicted molar refractivity (Wildman–Crippen MR) is 76.3 cm³/mol. The molecule has 1 aliphatic rings. The van der Waals surface area contributed by atoms with Crippen molar-refractivity contribution in [3.8, 4) is 0 Å². The third-order valence-electron chi connectivity index (χ3n) is 3.87. The normalized spacial score (nSPS) is 18.0. The second kappa shape index (κ2) is 5.91. The van der Waals surface area contributed by atoms with Crippen LogP contribution in [0.15, 0.2) is 18.2 Å². The molecule has 1 aliphatic heterocycles. The molecule has 1 saturated heterocycles. The van der Waals surface area contributed by atoms with E-state index in [1.165, 1.54) is 0 Å². The summed E-state index contributed by atoms with van der Waals surface area (Å²) >= 11 is 6.14. The van der Waals surface area contributed by atoms with Crippen LogP contribution in [0.2, 0.25) is 5.02 Å². The first kappa shape index (κ1) is 13.7. The first-order chi connectivity index (χ1) is 8.63. The third kappa shape index (κ3) is 2.79. The quantitative estimate of drug-likeness (QED) is 0.912. The Balaban J connectivity index is 2.18. The minimum absolute atomic E-state index is 0.00797. The van der Waals surface area contributed by atoms with Crippen LogP contribution in [-0.2, 0) is 6.61 Å². The molecule has 100 valence electrons. The van der Waals surface area contributed by atoms with Crippen LogP contribution in [0.4, 0.5) is 5.69 Å². The monoisotopic (exact) mass is 268 g/mol. The Hall–Kier alpha value is -0.770. The molecule has 0 aliphatic carbocycles. The van der Waals surface area contributed by atoms with Gasteiger partial charge in [0.05, 0.1) is 6.61 Å². The van der Waals surface area contributed by atoms with Crippen LogP contribution in [0.5, 0.6) is 0 Å². The minimum Gasteiger partial charge on any atom is -0.392 e. The highest BCUT2D eigenvalue weighted by atomic mass is 35.5. The van der Waals surface area contributed by atoms with Gasteiger partial charge in [-0.3, -0.25) is 0 Å². The van der Waals surface area contributed by atoms with Gasteiger partial charge in [-0.25, -0.2) is 0 Å². The van der Waals surface area contributed by atoms with Gasteiger partial charge < -0.3 is 14.9 Å². The van der Waals surface area contributed by atoms with Crippen molar-refractivity contribution in [3.05, 3.63) is 28.8 Å². The number of nitrogens with zero attached hydrogens (tertiary/aromatic N) is 2. The number of benzene rings is 1. The number of rotatable bonds is 3. The number of aliphatic hydroxyl groups is 1. The number of anilines is 1. The van der Waals surface area contributed by atoms with Gasteiger partial charge in [-0.05, 0) is 45.1 Å². The minimum atomic E-state index is -0.00797. The van der Waals surface area contributed by atoms with Crippen molar-refractivity contribution in [2.24, 2.45) is 0 Å². The van der Waals surface area contributed by atoms with Crippen LogP contribution in [0.25, 0.3) is 0 Å². The standard InChI is InChI=1S/C14H21ClN2O/c1-16-8-6-11(7-9-16)17(2)14-5-3-4-13(15)12(14)10-18/h3-5,11,18H,6-10H2,1-2H3. The molecule has 0 atom stereocenters. The van der Waals surface area contributed by atoms with Crippen molar-refractivity contribution in [2.45, 2.75) is 25.5 Å². The molecule has 3 nitrogen and oxygen atoms in total. The average molecular weight is 269 g/mol. The van der Waals surface area contributed by atoms with Crippen LogP contribution >= 0.6 is 11.6 Å². The molecule has 1 aromatic rings. The van der Waals surface area contributed by atoms with Crippen molar-refractivity contribution in [1.82, 2.24) is 4.90 Å². The number of hydrogen-bond donors (Lipinski definition) is 1. The Morgan fingerprint density at radius 2 is 2.06 bits per heavy atom. The third-order valence-corrected chi connectivity index (χ3v) is 4.22. The molecule has 0 unspecified atom stereocenters. The van der Waals surface area contributed by atoms with Crippen molar-refractivity contribution >= 4 is 17.3 Å². The van der Waals surface area contributed by atoms with Gasteiger partial charge in [0.25, 0.3) is 0 Å². The summed E-state index contributed by atoms with van der Waals surface area (Å²) in [6.07, 6.45) is 2.31. The van der Waals surface area contributed by atoms with Crippen LogP contribution in [0.1, 0.15) is 18.4 Å². The lowest BCUT2D eigenvalue weighted by atomic mass is 10.0. The Bertz CT molecular complexity index is 403. The summed E-state index contributed by atoms with van der Waals surface area (Å²) in [5.74, 6) is 0. The summed E-state index contributed by atoms with van der Waals surface area (Å²) in [6.45, 7) is 2.25. The summed E-state index contributed by atoms with van der Waals surface area (Å²) in [5, 5.41) is 10.1. The lowest BCUT2D eigenvalue weighted by molar-refractivity contribution is 0.251. The summed E-state index contributed by atoms with van der Waals surface area (Å²) in [6, 6.07) is 6.35. The second-order valence-corrected chi connectivity index (χ2v) is 5.45. The van der Waals surface area contributed by atoms with E-state index in [9.17, 15) is 5.11 Å². The van der Waals surface area contributed by atoms with E-state index in [1.807, 2.05) is 18.2 Å². The van der Waals surface area contributed by atoms with E-state index >= 15 is 0 Å². The van der Waals surface area contributed by atoms with Crippen molar-refractivity contribution in [1.29, 1.82) is 0 Å². The zero-order chi connectivity index (χ0) is 13.1. The molecule has 0 aromatic heterocycles. The molecule has 1 aromatic carbocycles. The van der Waals surface area contributed by atoms with Gasteiger partial charge in [-0.1, -0.05) is 17.7 Å². The number of piperidine rings is 1. The zero-order valence-electron chi connectivity index (χ0n) is 11.1. The Kier molecular flexibility index (Phi) is 4.49. The van der Waals surface area contributed by atoms with E-state index < -0.39 is 0 Å². The van der Waals surface area contributed by atoms with Crippen LogP contribution in [0.3, 0.4) is 0 Å². The van der Waals surface area contributed by atoms with Crippen LogP contribution < -0.4 is 4.90 Å². The fourth-order valence-electron chi connectivity index (χ4n) is 2.61. The Labute approximate surface area is 114 Å². The molecule has 0 spiro atoms. The molecule has 0 bridgehead atoms. The van der Waals surface area contributed by atoms with Gasteiger partial charge >= 0.3 is 0 Å². The van der Waals surface area contributed by atoms with E-state index in [4.69, 9.17) is 11.6 Å². The highest BCUT2D eigenvalue weighted by Gasteiger charge is 2.22. The van der Waals surface area contributed by atoms with Crippen molar-refractivity contribution < 1.29 is 5.11 Å². The van der Waals surface area contributed by atoms with Crippen LogP contribution in [0, 0.1) is 0 Å². The first-order valence-corrected chi connectivity index (χ1v) is 6.81. The lowest BCUT2D eigenvalue weighted by Gasteiger charge is -2.37. The fraction of sp³-hybridized carbons (Fsp3) is 0.571. The maximum Gasteiger partial charge on any atom is 0.0716 e. The summed E-state index contributed by atoms with van der Waals surface area (Å²) in [4.78, 5) is 4.62. The molecule has 18 heavy (non-hydrogen) atoms. The fourth-order valence-corrected chi connectivity index (χ4v) is 2.84. The maximum absolute atomic E-state index is 9.47. The topological polar surface area (TPSA) is 26.7 Å². The summed E-state index contributed by atoms with van der Waals surface area (Å²) < 4.78 is 0. The SMILES string of the molecule is CN1CCC(N(C)c2cccc(Cl)c2CO)CC1. The Morgan fingerprint density at radius 1 is 1.39 bits per heavy atom. The molecule has 0 saturated carbocycles. The van der Waals surface area contributed by atoms with E-state index in [0.717, 1.165) is 37.2 Å². The molecule has 1 N–H and O–H groups in total. The summed E-state index contributed by atoms with van der Waals surface area (Å²) in [7, 11) is 4.26. The number of hydrogen-bond acceptors (Lipinski definition) is 3. The van der Waals surface area contributed by atoms with Crippen molar-refractivity contribution in [2.75, 3.05) is 32.1 Å². The first-order valence-electron chi connectivity index (χ1n) is 6.43. The summed E-state index contributed by atoms with van der Waals surface area (Å²) in [5.41, 5.74) is 1.89. The molecule has 0 radical (unpaired) electrons. The number of likely N-dealkylation sites (tertiary alicyclic amines) is 1. The van der Waals surface area contributed by atoms with Gasteiger partial charge in [-0.2, -0.15) is 0 Å². The van der Waals surface area contributed by atoms with Gasteiger partial charge in [0.15, 0.2) is 0 Å². The second-order valence-electron chi connectivity index (χ2n) is 5.04. The predicted octanol–water partition coefficient (Wildman–Crippen LogP) is 2.36. The molecule has 2 rings (SSSR count). The zero-order valence-corrected chi connectivity index (χ0v) is 11.8. The highest BCUT2D eigenvalue weighted by molar-refractivity contribution is 6.31. The molecule has 4 heteroatoms. The molecular formula is C14H21ClN2O. The average Bonchev–Trinajstić information content (AvgIpc) is 2.38. The van der Waals surface area contributed by atoms with E-state index in [0.29, 0.717) is 11.1 Å². The molecule has 0 amide bonds. The highest BCUT2D eigenvalue weighted by Crippen LogP contribution is 2.30. The van der Waals surface area contributed by atoms with Crippen molar-refractivity contribution in [3.63, 3.8) is 0 Å². The van der Waals surface area contributed by atoms with E-state index in [2.05, 4.69) is 23.9 Å². The maximum atomic E-state index is 9.47.